The molecule has 2 aromatic rings. The highest BCUT2D eigenvalue weighted by Crippen LogP contribution is 2.22. The Morgan fingerprint density at radius 3 is 2.80 bits per heavy atom. The van der Waals surface area contributed by atoms with Crippen LogP contribution in [0.5, 0.6) is 0 Å². The van der Waals surface area contributed by atoms with Crippen LogP contribution in [0, 0.1) is 0 Å². The lowest BCUT2D eigenvalue weighted by molar-refractivity contribution is 0.187. The predicted molar refractivity (Wildman–Crippen MR) is 113 cm³/mol. The summed E-state index contributed by atoms with van der Waals surface area (Å²) in [6.07, 6.45) is 3.92. The second-order valence-corrected chi connectivity index (χ2v) is 5.71. The number of benzene rings is 1. The Bertz CT molecular complexity index is 636. The molecular formula is C17H25ClIN5O. The molecule has 0 saturated carbocycles. The zero-order valence-electron chi connectivity index (χ0n) is 14.2. The maximum absolute atomic E-state index is 10.3. The number of aryl methyl sites for hydroxylation is 1. The third-order valence-electron chi connectivity index (χ3n) is 3.45. The fourth-order valence-electron chi connectivity index (χ4n) is 2.24. The number of hydrogen-bond acceptors (Lipinski definition) is 3. The van der Waals surface area contributed by atoms with Gasteiger partial charge in [-0.1, -0.05) is 29.8 Å². The van der Waals surface area contributed by atoms with Gasteiger partial charge in [0, 0.05) is 42.6 Å². The molecular weight excluding hydrogens is 453 g/mol. The van der Waals surface area contributed by atoms with Crippen molar-refractivity contribution in [3.05, 3.63) is 53.3 Å². The van der Waals surface area contributed by atoms with E-state index in [4.69, 9.17) is 11.6 Å². The summed E-state index contributed by atoms with van der Waals surface area (Å²) < 4.78 is 1.90. The summed E-state index contributed by atoms with van der Waals surface area (Å²) in [6.45, 7) is 4.63. The van der Waals surface area contributed by atoms with Crippen molar-refractivity contribution < 1.29 is 5.11 Å². The molecule has 0 radical (unpaired) electrons. The minimum atomic E-state index is -0.724. The fraction of sp³-hybridized carbons (Fsp3) is 0.412. The van der Waals surface area contributed by atoms with E-state index in [-0.39, 0.29) is 30.5 Å². The van der Waals surface area contributed by atoms with Crippen molar-refractivity contribution in [1.82, 2.24) is 20.4 Å². The first kappa shape index (κ1) is 21.7. The van der Waals surface area contributed by atoms with Crippen LogP contribution in [0.25, 0.3) is 0 Å². The quantitative estimate of drug-likeness (QED) is 0.237. The maximum atomic E-state index is 10.3. The van der Waals surface area contributed by atoms with Crippen LogP contribution in [0.2, 0.25) is 5.02 Å². The number of aliphatic hydroxyl groups excluding tert-OH is 1. The van der Waals surface area contributed by atoms with Gasteiger partial charge in [0.25, 0.3) is 0 Å². The van der Waals surface area contributed by atoms with Crippen LogP contribution < -0.4 is 10.6 Å². The maximum Gasteiger partial charge on any atom is 0.191 e. The molecule has 0 bridgehead atoms. The molecule has 138 valence electrons. The highest BCUT2D eigenvalue weighted by atomic mass is 127. The molecule has 0 amide bonds. The molecule has 0 saturated heterocycles. The molecule has 0 spiro atoms. The normalized spacial score (nSPS) is 12.4. The molecule has 8 heteroatoms. The minimum Gasteiger partial charge on any atom is -0.386 e. The molecule has 1 heterocycles. The first-order valence-corrected chi connectivity index (χ1v) is 8.50. The van der Waals surface area contributed by atoms with Crippen molar-refractivity contribution in [2.24, 2.45) is 4.99 Å². The number of aromatic nitrogens is 2. The van der Waals surface area contributed by atoms with Crippen LogP contribution in [0.4, 0.5) is 0 Å². The van der Waals surface area contributed by atoms with E-state index < -0.39 is 6.10 Å². The SMILES string of the molecule is CCNC(=NCC(O)c1ccccc1Cl)NCCCn1cccn1.I. The van der Waals surface area contributed by atoms with E-state index in [1.165, 1.54) is 0 Å². The first-order valence-electron chi connectivity index (χ1n) is 8.12. The second kappa shape index (κ2) is 12.1. The molecule has 25 heavy (non-hydrogen) atoms. The monoisotopic (exact) mass is 477 g/mol. The minimum absolute atomic E-state index is 0. The van der Waals surface area contributed by atoms with Crippen molar-refractivity contribution in [2.75, 3.05) is 19.6 Å². The standard InChI is InChI=1S/C17H24ClN5O.HI/c1-2-19-17(20-9-5-11-23-12-6-10-22-23)21-13-16(24)14-7-3-4-8-15(14)18;/h3-4,6-8,10,12,16,24H,2,5,9,11,13H2,1H3,(H2,19,20,21);1H. The van der Waals surface area contributed by atoms with Gasteiger partial charge in [-0.25, -0.2) is 0 Å². The number of halogens is 2. The van der Waals surface area contributed by atoms with Crippen LogP contribution in [0.1, 0.15) is 25.0 Å². The summed E-state index contributed by atoms with van der Waals surface area (Å²) in [7, 11) is 0. The summed E-state index contributed by atoms with van der Waals surface area (Å²) in [5.41, 5.74) is 0.692. The Hall–Kier alpha value is -1.32. The highest BCUT2D eigenvalue weighted by Gasteiger charge is 2.10. The third kappa shape index (κ3) is 7.62. The summed E-state index contributed by atoms with van der Waals surface area (Å²) in [5.74, 6) is 0.684. The number of nitrogens with zero attached hydrogens (tertiary/aromatic N) is 3. The summed E-state index contributed by atoms with van der Waals surface area (Å²) in [4.78, 5) is 4.43. The van der Waals surface area contributed by atoms with E-state index in [9.17, 15) is 5.11 Å². The van der Waals surface area contributed by atoms with E-state index >= 15 is 0 Å². The van der Waals surface area contributed by atoms with Crippen molar-refractivity contribution in [3.63, 3.8) is 0 Å². The third-order valence-corrected chi connectivity index (χ3v) is 3.79. The molecule has 0 aliphatic heterocycles. The van der Waals surface area contributed by atoms with Crippen molar-refractivity contribution in [2.45, 2.75) is 26.0 Å². The average Bonchev–Trinajstić information content (AvgIpc) is 3.10. The van der Waals surface area contributed by atoms with Gasteiger partial charge in [0.1, 0.15) is 6.10 Å². The fourth-order valence-corrected chi connectivity index (χ4v) is 2.51. The van der Waals surface area contributed by atoms with E-state index in [0.717, 1.165) is 26.1 Å². The summed E-state index contributed by atoms with van der Waals surface area (Å²) >= 11 is 6.10. The molecule has 0 aliphatic carbocycles. The van der Waals surface area contributed by atoms with E-state index in [1.807, 2.05) is 42.1 Å². The molecule has 6 nitrogen and oxygen atoms in total. The van der Waals surface area contributed by atoms with E-state index in [1.54, 1.807) is 12.3 Å². The Balaban J connectivity index is 0.00000312. The van der Waals surface area contributed by atoms with Crippen molar-refractivity contribution >= 4 is 41.5 Å². The Kier molecular flexibility index (Phi) is 10.5. The molecule has 0 aliphatic rings. The molecule has 2 rings (SSSR count). The smallest absolute Gasteiger partial charge is 0.191 e. The lowest BCUT2D eigenvalue weighted by Crippen LogP contribution is -2.38. The van der Waals surface area contributed by atoms with Crippen LogP contribution in [0.15, 0.2) is 47.7 Å². The number of aliphatic imine (C=N–C) groups is 1. The van der Waals surface area contributed by atoms with Crippen LogP contribution in [-0.4, -0.2) is 40.5 Å². The van der Waals surface area contributed by atoms with Gasteiger partial charge in [-0.3, -0.25) is 9.67 Å². The molecule has 1 aromatic carbocycles. The van der Waals surface area contributed by atoms with Crippen molar-refractivity contribution in [1.29, 1.82) is 0 Å². The van der Waals surface area contributed by atoms with Gasteiger partial charge >= 0.3 is 0 Å². The zero-order valence-corrected chi connectivity index (χ0v) is 17.3. The van der Waals surface area contributed by atoms with Crippen LogP contribution in [-0.2, 0) is 6.54 Å². The van der Waals surface area contributed by atoms with Gasteiger partial charge in [-0.15, -0.1) is 24.0 Å². The predicted octanol–water partition coefficient (Wildman–Crippen LogP) is 2.83. The number of nitrogens with one attached hydrogen (secondary N) is 2. The summed E-state index contributed by atoms with van der Waals surface area (Å²) in [6, 6.07) is 9.19. The van der Waals surface area contributed by atoms with Crippen LogP contribution >= 0.6 is 35.6 Å². The number of hydrogen-bond donors (Lipinski definition) is 3. The zero-order chi connectivity index (χ0) is 17.2. The number of guanidine groups is 1. The van der Waals surface area contributed by atoms with Gasteiger partial charge in [-0.05, 0) is 25.5 Å². The highest BCUT2D eigenvalue weighted by molar-refractivity contribution is 14.0. The molecule has 1 atom stereocenters. The molecule has 3 N–H and O–H groups in total. The number of aliphatic hydroxyl groups is 1. The second-order valence-electron chi connectivity index (χ2n) is 5.31. The van der Waals surface area contributed by atoms with Gasteiger partial charge < -0.3 is 15.7 Å². The first-order chi connectivity index (χ1) is 11.7. The lowest BCUT2D eigenvalue weighted by Gasteiger charge is -2.14. The molecule has 0 fully saturated rings. The van der Waals surface area contributed by atoms with Gasteiger partial charge in [-0.2, -0.15) is 5.10 Å². The Morgan fingerprint density at radius 2 is 2.12 bits per heavy atom. The van der Waals surface area contributed by atoms with E-state index in [0.29, 0.717) is 16.5 Å². The van der Waals surface area contributed by atoms with E-state index in [2.05, 4.69) is 20.7 Å². The Morgan fingerprint density at radius 1 is 1.32 bits per heavy atom. The Labute approximate surface area is 170 Å². The average molecular weight is 478 g/mol. The van der Waals surface area contributed by atoms with Gasteiger partial charge in [0.15, 0.2) is 5.96 Å². The van der Waals surface area contributed by atoms with Gasteiger partial charge in [0.2, 0.25) is 0 Å². The lowest BCUT2D eigenvalue weighted by atomic mass is 10.1. The van der Waals surface area contributed by atoms with Crippen LogP contribution in [0.3, 0.4) is 0 Å². The van der Waals surface area contributed by atoms with Crippen molar-refractivity contribution in [3.8, 4) is 0 Å². The molecule has 1 aromatic heterocycles. The number of rotatable bonds is 8. The molecule has 1 unspecified atom stereocenters. The topological polar surface area (TPSA) is 74.5 Å². The summed E-state index contributed by atoms with van der Waals surface area (Å²) in [5, 5.41) is 21.4. The van der Waals surface area contributed by atoms with Gasteiger partial charge in [0.05, 0.1) is 6.54 Å². The largest absolute Gasteiger partial charge is 0.386 e.